The Labute approximate surface area is 157 Å². The third kappa shape index (κ3) is 3.32. The molecule has 4 rings (SSSR count). The molecule has 1 fully saturated rings. The van der Waals surface area contributed by atoms with Gasteiger partial charge in [0.25, 0.3) is 5.91 Å². The Balaban J connectivity index is 1.52. The van der Waals surface area contributed by atoms with Gasteiger partial charge in [0.1, 0.15) is 0 Å². The number of amides is 1. The summed E-state index contributed by atoms with van der Waals surface area (Å²) in [5, 5.41) is 0. The Hall–Kier alpha value is -3.09. The van der Waals surface area contributed by atoms with Crippen LogP contribution in [-0.4, -0.2) is 51.5 Å². The van der Waals surface area contributed by atoms with Crippen LogP contribution in [0.5, 0.6) is 0 Å². The number of aryl methyl sites for hydroxylation is 1. The molecule has 0 aliphatic carbocycles. The number of benzene rings is 1. The average molecular weight is 365 g/mol. The van der Waals surface area contributed by atoms with Crippen LogP contribution < -0.4 is 10.6 Å². The number of nitrogens with one attached hydrogen (secondary N) is 1. The molecular formula is C20H23N5O2. The first-order valence-electron chi connectivity index (χ1n) is 9.34. The normalized spacial score (nSPS) is 15.1. The minimum absolute atomic E-state index is 0.0126. The van der Waals surface area contributed by atoms with E-state index in [1.807, 2.05) is 36.1 Å². The maximum Gasteiger partial charge on any atom is 0.326 e. The van der Waals surface area contributed by atoms with Gasteiger partial charge in [-0.25, -0.2) is 4.79 Å². The second-order valence-corrected chi connectivity index (χ2v) is 6.74. The molecule has 2 aromatic heterocycles. The molecule has 140 valence electrons. The van der Waals surface area contributed by atoms with Crippen LogP contribution in [0.4, 0.5) is 5.69 Å². The quantitative estimate of drug-likeness (QED) is 0.771. The summed E-state index contributed by atoms with van der Waals surface area (Å²) in [4.78, 5) is 36.1. The molecule has 3 aromatic rings. The van der Waals surface area contributed by atoms with Gasteiger partial charge in [0.05, 0.1) is 11.0 Å². The van der Waals surface area contributed by atoms with Gasteiger partial charge in [-0.3, -0.25) is 14.3 Å². The van der Waals surface area contributed by atoms with Gasteiger partial charge >= 0.3 is 5.69 Å². The van der Waals surface area contributed by atoms with Crippen LogP contribution in [0.2, 0.25) is 0 Å². The van der Waals surface area contributed by atoms with Crippen LogP contribution in [0.1, 0.15) is 23.7 Å². The van der Waals surface area contributed by atoms with Gasteiger partial charge in [-0.1, -0.05) is 0 Å². The Morgan fingerprint density at radius 2 is 1.93 bits per heavy atom. The summed E-state index contributed by atoms with van der Waals surface area (Å²) in [7, 11) is 0. The Morgan fingerprint density at radius 3 is 2.70 bits per heavy atom. The van der Waals surface area contributed by atoms with Gasteiger partial charge in [-0.2, -0.15) is 0 Å². The average Bonchev–Trinajstić information content (AvgIpc) is 2.86. The number of aromatic nitrogens is 3. The second kappa shape index (κ2) is 7.26. The lowest BCUT2D eigenvalue weighted by molar-refractivity contribution is 0.0767. The Bertz CT molecular complexity index is 1010. The number of fused-ring (bicyclic) bond motifs is 1. The number of H-pyrrole nitrogens is 1. The predicted molar refractivity (Wildman–Crippen MR) is 105 cm³/mol. The van der Waals surface area contributed by atoms with Gasteiger partial charge < -0.3 is 14.8 Å². The van der Waals surface area contributed by atoms with E-state index in [2.05, 4.69) is 14.9 Å². The van der Waals surface area contributed by atoms with E-state index >= 15 is 0 Å². The molecule has 7 heteroatoms. The SMILES string of the molecule is CCn1c(=O)[nH]c2cc(C(=O)N3CCCN(c4ccncc4)CC3)ccc21. The molecule has 1 N–H and O–H groups in total. The van der Waals surface area contributed by atoms with Crippen LogP contribution in [-0.2, 0) is 6.54 Å². The number of hydrogen-bond acceptors (Lipinski definition) is 4. The van der Waals surface area contributed by atoms with Gasteiger partial charge in [0.2, 0.25) is 0 Å². The maximum atomic E-state index is 13.0. The molecule has 3 heterocycles. The van der Waals surface area contributed by atoms with E-state index in [-0.39, 0.29) is 11.6 Å². The van der Waals surface area contributed by atoms with E-state index < -0.39 is 0 Å². The molecule has 1 aromatic carbocycles. The second-order valence-electron chi connectivity index (χ2n) is 6.74. The van der Waals surface area contributed by atoms with E-state index in [1.54, 1.807) is 23.0 Å². The molecule has 0 atom stereocenters. The summed E-state index contributed by atoms with van der Waals surface area (Å²) in [6, 6.07) is 9.46. The largest absolute Gasteiger partial charge is 0.370 e. The molecule has 0 unspecified atom stereocenters. The van der Waals surface area contributed by atoms with Crippen molar-refractivity contribution in [3.8, 4) is 0 Å². The number of carbonyl (C=O) groups excluding carboxylic acids is 1. The van der Waals surface area contributed by atoms with Crippen LogP contribution in [0, 0.1) is 0 Å². The van der Waals surface area contributed by atoms with Crippen molar-refractivity contribution in [1.82, 2.24) is 19.4 Å². The topological polar surface area (TPSA) is 74.2 Å². The van der Waals surface area contributed by atoms with Crippen molar-refractivity contribution in [3.05, 3.63) is 58.8 Å². The molecule has 1 aliphatic rings. The lowest BCUT2D eigenvalue weighted by Crippen LogP contribution is -2.35. The molecule has 7 nitrogen and oxygen atoms in total. The fourth-order valence-electron chi connectivity index (χ4n) is 3.73. The maximum absolute atomic E-state index is 13.0. The van der Waals surface area contributed by atoms with Crippen LogP contribution in [0.15, 0.2) is 47.5 Å². The lowest BCUT2D eigenvalue weighted by atomic mass is 10.1. The zero-order chi connectivity index (χ0) is 18.8. The molecule has 27 heavy (non-hydrogen) atoms. The molecule has 0 saturated carbocycles. The number of nitrogens with zero attached hydrogens (tertiary/aromatic N) is 4. The highest BCUT2D eigenvalue weighted by atomic mass is 16.2. The fraction of sp³-hybridized carbons (Fsp3) is 0.350. The first-order chi connectivity index (χ1) is 13.2. The Morgan fingerprint density at radius 1 is 1.11 bits per heavy atom. The van der Waals surface area contributed by atoms with E-state index in [0.717, 1.165) is 37.3 Å². The monoisotopic (exact) mass is 365 g/mol. The zero-order valence-electron chi connectivity index (χ0n) is 15.4. The van der Waals surface area contributed by atoms with Gasteiger partial charge in [-0.15, -0.1) is 0 Å². The summed E-state index contributed by atoms with van der Waals surface area (Å²) < 4.78 is 1.67. The van der Waals surface area contributed by atoms with E-state index in [1.165, 1.54) is 0 Å². The number of aromatic amines is 1. The van der Waals surface area contributed by atoms with E-state index in [0.29, 0.717) is 24.2 Å². The summed E-state index contributed by atoms with van der Waals surface area (Å²) in [6.45, 7) is 5.64. The van der Waals surface area contributed by atoms with Crippen molar-refractivity contribution in [3.63, 3.8) is 0 Å². The lowest BCUT2D eigenvalue weighted by Gasteiger charge is -2.23. The van der Waals surface area contributed by atoms with E-state index in [4.69, 9.17) is 0 Å². The molecule has 0 spiro atoms. The van der Waals surface area contributed by atoms with Crippen molar-refractivity contribution in [2.45, 2.75) is 19.9 Å². The molecule has 1 saturated heterocycles. The third-order valence-electron chi connectivity index (χ3n) is 5.15. The summed E-state index contributed by atoms with van der Waals surface area (Å²) in [6.07, 6.45) is 4.50. The summed E-state index contributed by atoms with van der Waals surface area (Å²) in [5.41, 5.74) is 3.16. The number of rotatable bonds is 3. The minimum Gasteiger partial charge on any atom is -0.370 e. The first-order valence-corrected chi connectivity index (χ1v) is 9.34. The first kappa shape index (κ1) is 17.3. The fourth-order valence-corrected chi connectivity index (χ4v) is 3.73. The van der Waals surface area contributed by atoms with Crippen LogP contribution in [0.3, 0.4) is 0 Å². The van der Waals surface area contributed by atoms with Crippen molar-refractivity contribution in [1.29, 1.82) is 0 Å². The highest BCUT2D eigenvalue weighted by Crippen LogP contribution is 2.18. The molecule has 1 aliphatic heterocycles. The molecular weight excluding hydrogens is 342 g/mol. The van der Waals surface area contributed by atoms with Crippen molar-refractivity contribution in [2.75, 3.05) is 31.1 Å². The van der Waals surface area contributed by atoms with Crippen LogP contribution in [0.25, 0.3) is 11.0 Å². The highest BCUT2D eigenvalue weighted by Gasteiger charge is 2.21. The summed E-state index contributed by atoms with van der Waals surface area (Å²) >= 11 is 0. The van der Waals surface area contributed by atoms with Crippen molar-refractivity contribution in [2.24, 2.45) is 0 Å². The third-order valence-corrected chi connectivity index (χ3v) is 5.15. The smallest absolute Gasteiger partial charge is 0.326 e. The number of carbonyl (C=O) groups is 1. The van der Waals surface area contributed by atoms with Crippen molar-refractivity contribution >= 4 is 22.6 Å². The van der Waals surface area contributed by atoms with Gasteiger partial charge in [0.15, 0.2) is 0 Å². The molecule has 1 amide bonds. The molecule has 0 bridgehead atoms. The zero-order valence-corrected chi connectivity index (χ0v) is 15.4. The van der Waals surface area contributed by atoms with Crippen molar-refractivity contribution < 1.29 is 4.79 Å². The van der Waals surface area contributed by atoms with E-state index in [9.17, 15) is 9.59 Å². The van der Waals surface area contributed by atoms with Gasteiger partial charge in [-0.05, 0) is 43.7 Å². The standard InChI is InChI=1S/C20H23N5O2/c1-2-25-18-5-4-15(14-17(18)22-20(25)27)19(26)24-11-3-10-23(12-13-24)16-6-8-21-9-7-16/h4-9,14H,2-3,10-13H2,1H3,(H,22,27). The predicted octanol–water partition coefficient (Wildman–Crippen LogP) is 2.10. The minimum atomic E-state index is -0.139. The summed E-state index contributed by atoms with van der Waals surface area (Å²) in [5.74, 6) is 0.0126. The Kier molecular flexibility index (Phi) is 4.66. The number of anilines is 1. The highest BCUT2D eigenvalue weighted by molar-refractivity contribution is 5.97. The number of hydrogen-bond donors (Lipinski definition) is 1. The molecule has 0 radical (unpaired) electrons. The number of imidazole rings is 1. The van der Waals surface area contributed by atoms with Crippen LogP contribution >= 0.6 is 0 Å². The number of pyridine rings is 1. The van der Waals surface area contributed by atoms with Gasteiger partial charge in [0, 0.05) is 56.4 Å².